The van der Waals surface area contributed by atoms with Crippen LogP contribution in [-0.4, -0.2) is 32.4 Å². The summed E-state index contributed by atoms with van der Waals surface area (Å²) in [6.07, 6.45) is 1.50. The Kier molecular flexibility index (Phi) is 3.28. The second-order valence-electron chi connectivity index (χ2n) is 3.87. The van der Waals surface area contributed by atoms with E-state index in [-0.39, 0.29) is 11.8 Å². The average Bonchev–Trinajstić information content (AvgIpc) is 3.01. The van der Waals surface area contributed by atoms with Gasteiger partial charge in [-0.05, 0) is 12.8 Å². The number of aromatic nitrogens is 5. The van der Waals surface area contributed by atoms with Crippen molar-refractivity contribution in [3.05, 3.63) is 5.82 Å². The van der Waals surface area contributed by atoms with Crippen molar-refractivity contribution >= 4 is 5.95 Å². The van der Waals surface area contributed by atoms with Crippen LogP contribution in [0.5, 0.6) is 0 Å². The number of anilines is 1. The summed E-state index contributed by atoms with van der Waals surface area (Å²) in [6.45, 7) is 4.02. The van der Waals surface area contributed by atoms with Crippen molar-refractivity contribution in [2.24, 2.45) is 0 Å². The summed E-state index contributed by atoms with van der Waals surface area (Å²) in [6, 6.07) is 0. The molecule has 3 N–H and O–H groups in total. The molecule has 2 heterocycles. The van der Waals surface area contributed by atoms with Gasteiger partial charge in [0.05, 0.1) is 0 Å². The number of ether oxygens (including phenoxy) is 1. The van der Waals surface area contributed by atoms with Crippen molar-refractivity contribution in [1.29, 1.82) is 0 Å². The molecule has 2 aromatic rings. The maximum absolute atomic E-state index is 5.52. The molecule has 0 aromatic carbocycles. The third kappa shape index (κ3) is 1.94. The Morgan fingerprint density at radius 1 is 1.33 bits per heavy atom. The summed E-state index contributed by atoms with van der Waals surface area (Å²) in [7, 11) is 1.63. The van der Waals surface area contributed by atoms with Gasteiger partial charge in [-0.3, -0.25) is 5.10 Å². The van der Waals surface area contributed by atoms with Crippen LogP contribution in [0, 0.1) is 0 Å². The highest BCUT2D eigenvalue weighted by molar-refractivity contribution is 5.41. The third-order valence-electron chi connectivity index (χ3n) is 3.07. The summed E-state index contributed by atoms with van der Waals surface area (Å²) in [5, 5.41) is 10.3. The number of rotatable bonds is 5. The van der Waals surface area contributed by atoms with Gasteiger partial charge in [0.25, 0.3) is 5.89 Å². The van der Waals surface area contributed by atoms with E-state index >= 15 is 0 Å². The molecule has 0 aliphatic rings. The van der Waals surface area contributed by atoms with Gasteiger partial charge in [0.15, 0.2) is 0 Å². The molecule has 0 saturated heterocycles. The van der Waals surface area contributed by atoms with Crippen LogP contribution in [0.4, 0.5) is 5.95 Å². The first kappa shape index (κ1) is 12.5. The van der Waals surface area contributed by atoms with Crippen LogP contribution in [0.2, 0.25) is 0 Å². The van der Waals surface area contributed by atoms with Gasteiger partial charge in [-0.25, -0.2) is 0 Å². The van der Waals surface area contributed by atoms with Crippen molar-refractivity contribution in [2.45, 2.75) is 32.3 Å². The summed E-state index contributed by atoms with van der Waals surface area (Å²) in [5.41, 5.74) is 4.88. The number of nitrogens with zero attached hydrogens (tertiary/aromatic N) is 4. The molecule has 0 amide bonds. The highest BCUT2D eigenvalue weighted by atomic mass is 16.5. The first-order valence-electron chi connectivity index (χ1n) is 5.72. The normalized spacial score (nSPS) is 11.9. The predicted octanol–water partition coefficient (Wildman–Crippen LogP) is 1.10. The van der Waals surface area contributed by atoms with Gasteiger partial charge < -0.3 is 15.0 Å². The maximum Gasteiger partial charge on any atom is 0.295 e. The number of hydrogen-bond donors (Lipinski definition) is 2. The van der Waals surface area contributed by atoms with Crippen LogP contribution < -0.4 is 5.73 Å². The van der Waals surface area contributed by atoms with Crippen LogP contribution in [-0.2, 0) is 10.3 Å². The molecule has 0 bridgehead atoms. The molecule has 18 heavy (non-hydrogen) atoms. The van der Waals surface area contributed by atoms with Crippen LogP contribution >= 0.6 is 0 Å². The molecule has 0 spiro atoms. The van der Waals surface area contributed by atoms with Gasteiger partial charge in [0, 0.05) is 7.11 Å². The number of methoxy groups -OCH3 is 1. The molecule has 98 valence electrons. The van der Waals surface area contributed by atoms with Gasteiger partial charge >= 0.3 is 0 Å². The first-order valence-corrected chi connectivity index (χ1v) is 5.72. The minimum absolute atomic E-state index is 0.133. The van der Waals surface area contributed by atoms with E-state index in [1.54, 1.807) is 7.11 Å². The number of nitrogens with one attached hydrogen (secondary N) is 1. The minimum atomic E-state index is -0.534. The number of aromatic amines is 1. The first-order chi connectivity index (χ1) is 8.65. The van der Waals surface area contributed by atoms with Crippen LogP contribution in [0.1, 0.15) is 32.5 Å². The van der Waals surface area contributed by atoms with E-state index in [1.807, 2.05) is 13.8 Å². The molecule has 0 saturated carbocycles. The zero-order chi connectivity index (χ0) is 13.2. The highest BCUT2D eigenvalue weighted by Crippen LogP contribution is 2.31. The van der Waals surface area contributed by atoms with Gasteiger partial charge in [0.2, 0.25) is 17.6 Å². The molecular weight excluding hydrogens is 236 g/mol. The van der Waals surface area contributed by atoms with Crippen molar-refractivity contribution in [2.75, 3.05) is 12.8 Å². The number of nitrogen functional groups attached to an aromatic ring is 1. The Bertz CT molecular complexity index is 508. The monoisotopic (exact) mass is 252 g/mol. The van der Waals surface area contributed by atoms with Crippen molar-refractivity contribution in [3.8, 4) is 11.7 Å². The summed E-state index contributed by atoms with van der Waals surface area (Å²) in [5.74, 6) is 1.23. The van der Waals surface area contributed by atoms with Gasteiger partial charge in [0.1, 0.15) is 5.60 Å². The fourth-order valence-electron chi connectivity index (χ4n) is 1.82. The second-order valence-corrected chi connectivity index (χ2v) is 3.87. The Morgan fingerprint density at radius 3 is 2.56 bits per heavy atom. The highest BCUT2D eigenvalue weighted by Gasteiger charge is 2.34. The Morgan fingerprint density at radius 2 is 2.06 bits per heavy atom. The van der Waals surface area contributed by atoms with E-state index in [4.69, 9.17) is 15.0 Å². The standard InChI is InChI=1S/C10H16N6O2/c1-4-10(5-2,17-3)8-13-7(18-16-8)6-12-9(11)15-14-6/h4-5H2,1-3H3,(H3,11,12,14,15). The minimum Gasteiger partial charge on any atom is -0.370 e. The number of H-pyrrole nitrogens is 1. The van der Waals surface area contributed by atoms with Gasteiger partial charge in [-0.2, -0.15) is 9.97 Å². The zero-order valence-electron chi connectivity index (χ0n) is 10.6. The molecule has 0 radical (unpaired) electrons. The zero-order valence-corrected chi connectivity index (χ0v) is 10.6. The molecule has 2 rings (SSSR count). The number of hydrogen-bond acceptors (Lipinski definition) is 7. The quantitative estimate of drug-likeness (QED) is 0.818. The Balaban J connectivity index is 2.35. The topological polar surface area (TPSA) is 116 Å². The molecule has 0 unspecified atom stereocenters. The van der Waals surface area contributed by atoms with Crippen molar-refractivity contribution < 1.29 is 9.26 Å². The molecule has 2 aromatic heterocycles. The van der Waals surface area contributed by atoms with Gasteiger partial charge in [-0.15, -0.1) is 5.10 Å². The van der Waals surface area contributed by atoms with E-state index in [1.165, 1.54) is 0 Å². The van der Waals surface area contributed by atoms with E-state index in [9.17, 15) is 0 Å². The van der Waals surface area contributed by atoms with Crippen LogP contribution in [0.25, 0.3) is 11.7 Å². The largest absolute Gasteiger partial charge is 0.370 e. The summed E-state index contributed by atoms with van der Waals surface area (Å²) < 4.78 is 10.7. The molecule has 0 atom stereocenters. The second kappa shape index (κ2) is 4.73. The molecule has 0 aliphatic heterocycles. The lowest BCUT2D eigenvalue weighted by Gasteiger charge is -2.25. The average molecular weight is 252 g/mol. The molecular formula is C10H16N6O2. The predicted molar refractivity (Wildman–Crippen MR) is 63.4 cm³/mol. The van der Waals surface area contributed by atoms with E-state index < -0.39 is 5.60 Å². The van der Waals surface area contributed by atoms with Crippen molar-refractivity contribution in [1.82, 2.24) is 25.3 Å². The Labute approximate surface area is 104 Å². The number of nitrogens with two attached hydrogens (primary N) is 1. The van der Waals surface area contributed by atoms with Gasteiger partial charge in [-0.1, -0.05) is 19.0 Å². The Hall–Kier alpha value is -1.96. The van der Waals surface area contributed by atoms with Crippen LogP contribution in [0.15, 0.2) is 4.52 Å². The lowest BCUT2D eigenvalue weighted by molar-refractivity contribution is -0.0306. The third-order valence-corrected chi connectivity index (χ3v) is 3.07. The summed E-state index contributed by atoms with van der Waals surface area (Å²) >= 11 is 0. The SMILES string of the molecule is CCC(CC)(OC)c1noc(-c2nc(N)n[nH]2)n1. The van der Waals surface area contributed by atoms with E-state index in [0.717, 1.165) is 12.8 Å². The van der Waals surface area contributed by atoms with E-state index in [0.29, 0.717) is 11.6 Å². The molecule has 8 nitrogen and oxygen atoms in total. The molecule has 0 fully saturated rings. The fourth-order valence-corrected chi connectivity index (χ4v) is 1.82. The lowest BCUT2D eigenvalue weighted by Crippen LogP contribution is -2.28. The maximum atomic E-state index is 5.52. The smallest absolute Gasteiger partial charge is 0.295 e. The van der Waals surface area contributed by atoms with Crippen molar-refractivity contribution in [3.63, 3.8) is 0 Å². The fraction of sp³-hybridized carbons (Fsp3) is 0.600. The molecule has 8 heteroatoms. The summed E-state index contributed by atoms with van der Waals surface area (Å²) in [4.78, 5) is 8.21. The van der Waals surface area contributed by atoms with Crippen LogP contribution in [0.3, 0.4) is 0 Å². The lowest BCUT2D eigenvalue weighted by atomic mass is 9.96. The molecule has 0 aliphatic carbocycles. The van der Waals surface area contributed by atoms with E-state index in [2.05, 4.69) is 25.3 Å².